The third-order valence-electron chi connectivity index (χ3n) is 1.75. The topological polar surface area (TPSA) is 0 Å². The Kier molecular flexibility index (Phi) is 4.06. The Morgan fingerprint density at radius 2 is 2.00 bits per heavy atom. The van der Waals surface area contributed by atoms with Gasteiger partial charge in [-0.3, -0.25) is 0 Å². The molecule has 86 valence electrons. The van der Waals surface area contributed by atoms with Crippen LogP contribution in [0, 0.1) is 6.92 Å². The van der Waals surface area contributed by atoms with E-state index in [-0.39, 0.29) is 4.88 Å². The monoisotopic (exact) mass is 324 g/mol. The molecule has 0 fully saturated rings. The van der Waals surface area contributed by atoms with Gasteiger partial charge < -0.3 is 0 Å². The summed E-state index contributed by atoms with van der Waals surface area (Å²) >= 11 is 9.12. The van der Waals surface area contributed by atoms with Gasteiger partial charge in [-0.05, 0) is 18.6 Å². The van der Waals surface area contributed by atoms with E-state index < -0.39 is 17.2 Å². The summed E-state index contributed by atoms with van der Waals surface area (Å²) in [6, 6.07) is 1.38. The van der Waals surface area contributed by atoms with E-state index in [9.17, 15) is 17.6 Å². The molecule has 0 aromatic carbocycles. The van der Waals surface area contributed by atoms with Crippen LogP contribution >= 0.6 is 38.9 Å². The van der Waals surface area contributed by atoms with Crippen LogP contribution in [0.1, 0.15) is 15.3 Å². The number of aryl methyl sites for hydroxylation is 1. The van der Waals surface area contributed by atoms with Gasteiger partial charge in [-0.25, -0.2) is 8.78 Å². The molecule has 0 aliphatic heterocycles. The molecule has 1 unspecified atom stereocenters. The number of hydrogen-bond donors (Lipinski definition) is 0. The van der Waals surface area contributed by atoms with Crippen LogP contribution < -0.4 is 0 Å². The molecule has 0 saturated carbocycles. The van der Waals surface area contributed by atoms with E-state index in [0.29, 0.717) is 9.90 Å². The van der Waals surface area contributed by atoms with E-state index in [2.05, 4.69) is 15.9 Å². The molecule has 1 heterocycles. The molecule has 1 aromatic rings. The summed E-state index contributed by atoms with van der Waals surface area (Å²) in [6.45, 7) is 1.63. The van der Waals surface area contributed by atoms with Gasteiger partial charge in [0.1, 0.15) is 4.83 Å². The molecule has 0 saturated heterocycles. The lowest BCUT2D eigenvalue weighted by atomic mass is 10.2. The minimum absolute atomic E-state index is 0.0998. The second-order valence-corrected chi connectivity index (χ2v) is 5.54. The van der Waals surface area contributed by atoms with Crippen LogP contribution in [0.15, 0.2) is 6.07 Å². The predicted molar refractivity (Wildman–Crippen MR) is 56.7 cm³/mol. The molecule has 0 aliphatic carbocycles. The summed E-state index contributed by atoms with van der Waals surface area (Å²) in [5.74, 6) is -4.10. The Bertz CT molecular complexity index is 333. The van der Waals surface area contributed by atoms with Crippen molar-refractivity contribution in [3.05, 3.63) is 20.8 Å². The molecule has 1 rings (SSSR count). The summed E-state index contributed by atoms with van der Waals surface area (Å²) in [6.07, 6.45) is -3.71. The van der Waals surface area contributed by atoms with Gasteiger partial charge in [0, 0.05) is 4.88 Å². The van der Waals surface area contributed by atoms with Crippen LogP contribution in [0.2, 0.25) is 4.34 Å². The first-order valence-electron chi connectivity index (χ1n) is 3.82. The molecule has 7 heteroatoms. The van der Waals surface area contributed by atoms with Crippen LogP contribution in [0.5, 0.6) is 0 Å². The third-order valence-corrected chi connectivity index (χ3v) is 4.78. The van der Waals surface area contributed by atoms with Gasteiger partial charge in [-0.1, -0.05) is 27.5 Å². The highest BCUT2D eigenvalue weighted by atomic mass is 79.9. The van der Waals surface area contributed by atoms with Crippen LogP contribution in [0.25, 0.3) is 0 Å². The van der Waals surface area contributed by atoms with Crippen LogP contribution in [-0.4, -0.2) is 12.3 Å². The minimum atomic E-state index is -4.10. The van der Waals surface area contributed by atoms with E-state index in [1.807, 2.05) is 0 Å². The molecule has 0 N–H and O–H groups in total. The first-order valence-corrected chi connectivity index (χ1v) is 5.93. The highest BCUT2D eigenvalue weighted by Gasteiger charge is 2.48. The highest BCUT2D eigenvalue weighted by molar-refractivity contribution is 9.09. The normalized spacial score (nSPS) is 14.7. The van der Waals surface area contributed by atoms with Crippen molar-refractivity contribution in [2.45, 2.75) is 24.1 Å². The molecule has 0 radical (unpaired) electrons. The maximum absolute atomic E-state index is 12.9. The lowest BCUT2D eigenvalue weighted by Gasteiger charge is -2.19. The molecule has 0 nitrogen and oxygen atoms in total. The molecule has 0 bridgehead atoms. The number of hydrogen-bond acceptors (Lipinski definition) is 1. The molecular weight excluding hydrogens is 320 g/mol. The van der Waals surface area contributed by atoms with Crippen molar-refractivity contribution >= 4 is 38.9 Å². The van der Waals surface area contributed by atoms with E-state index >= 15 is 0 Å². The Morgan fingerprint density at radius 1 is 1.47 bits per heavy atom. The highest BCUT2D eigenvalue weighted by Crippen LogP contribution is 2.46. The first-order chi connectivity index (χ1) is 6.76. The fraction of sp³-hybridized carbons (Fsp3) is 0.500. The van der Waals surface area contributed by atoms with Crippen LogP contribution in [0.4, 0.5) is 17.6 Å². The quantitative estimate of drug-likeness (QED) is 0.539. The van der Waals surface area contributed by atoms with Gasteiger partial charge in [-0.2, -0.15) is 8.78 Å². The van der Waals surface area contributed by atoms with Gasteiger partial charge in [-0.15, -0.1) is 11.3 Å². The molecule has 0 aliphatic rings. The lowest BCUT2D eigenvalue weighted by Crippen LogP contribution is -2.30. The van der Waals surface area contributed by atoms with Gasteiger partial charge in [0.2, 0.25) is 0 Å². The molecule has 1 atom stereocenters. The summed E-state index contributed by atoms with van der Waals surface area (Å²) < 4.78 is 50.3. The average molecular weight is 326 g/mol. The van der Waals surface area contributed by atoms with Crippen molar-refractivity contribution < 1.29 is 17.6 Å². The van der Waals surface area contributed by atoms with E-state index in [1.54, 1.807) is 6.92 Å². The van der Waals surface area contributed by atoms with Gasteiger partial charge in [0.25, 0.3) is 0 Å². The fourth-order valence-electron chi connectivity index (χ4n) is 0.909. The number of thiophene rings is 1. The Balaban J connectivity index is 2.99. The second-order valence-electron chi connectivity index (χ2n) is 2.94. The average Bonchev–Trinajstić information content (AvgIpc) is 2.45. The zero-order chi connectivity index (χ0) is 11.8. The zero-order valence-corrected chi connectivity index (χ0v) is 10.6. The molecule has 0 spiro atoms. The smallest absolute Gasteiger partial charge is 0.204 e. The Labute approximate surface area is 101 Å². The fourth-order valence-corrected chi connectivity index (χ4v) is 2.77. The summed E-state index contributed by atoms with van der Waals surface area (Å²) in [5, 5.41) is 0. The van der Waals surface area contributed by atoms with Gasteiger partial charge >= 0.3 is 12.3 Å². The standard InChI is InChI=1S/C8H6BrClF4S/c1-3-2-4(15-6(3)10)5(9)8(13,14)7(11)12/h2,5,7H,1H3. The molecule has 15 heavy (non-hydrogen) atoms. The van der Waals surface area contributed by atoms with Crippen LogP contribution in [-0.2, 0) is 0 Å². The van der Waals surface area contributed by atoms with Crippen LogP contribution in [0.3, 0.4) is 0 Å². The SMILES string of the molecule is Cc1cc(C(Br)C(F)(F)C(F)F)sc1Cl. The maximum Gasteiger partial charge on any atom is 0.324 e. The van der Waals surface area contributed by atoms with E-state index in [0.717, 1.165) is 11.3 Å². The maximum atomic E-state index is 12.9. The summed E-state index contributed by atoms with van der Waals surface area (Å²) in [4.78, 5) is -1.61. The van der Waals surface area contributed by atoms with Crippen molar-refractivity contribution in [1.82, 2.24) is 0 Å². The van der Waals surface area contributed by atoms with Crippen molar-refractivity contribution in [2.24, 2.45) is 0 Å². The number of alkyl halides is 5. The Morgan fingerprint density at radius 3 is 2.33 bits per heavy atom. The third kappa shape index (κ3) is 2.65. The molecule has 1 aromatic heterocycles. The van der Waals surface area contributed by atoms with E-state index in [4.69, 9.17) is 11.6 Å². The number of rotatable bonds is 3. The molecular formula is C8H6BrClF4S. The molecule has 0 amide bonds. The zero-order valence-electron chi connectivity index (χ0n) is 7.41. The van der Waals surface area contributed by atoms with Gasteiger partial charge in [0.15, 0.2) is 0 Å². The van der Waals surface area contributed by atoms with Crippen molar-refractivity contribution in [3.8, 4) is 0 Å². The van der Waals surface area contributed by atoms with Gasteiger partial charge in [0.05, 0.1) is 4.34 Å². The van der Waals surface area contributed by atoms with Crippen molar-refractivity contribution in [3.63, 3.8) is 0 Å². The number of halogens is 6. The van der Waals surface area contributed by atoms with E-state index in [1.165, 1.54) is 6.07 Å². The predicted octanol–water partition coefficient (Wildman–Crippen LogP) is 5.05. The first kappa shape index (κ1) is 13.3. The second kappa shape index (κ2) is 4.59. The van der Waals surface area contributed by atoms with Crippen molar-refractivity contribution in [1.29, 1.82) is 0 Å². The lowest BCUT2D eigenvalue weighted by molar-refractivity contribution is -0.127. The largest absolute Gasteiger partial charge is 0.324 e. The van der Waals surface area contributed by atoms with Crippen molar-refractivity contribution in [2.75, 3.05) is 0 Å². The summed E-state index contributed by atoms with van der Waals surface area (Å²) in [7, 11) is 0. The Hall–Kier alpha value is 0.190. The summed E-state index contributed by atoms with van der Waals surface area (Å²) in [5.41, 5.74) is 0.603. The minimum Gasteiger partial charge on any atom is -0.204 e.